The van der Waals surface area contributed by atoms with Crippen LogP contribution in [-0.2, 0) is 4.79 Å². The summed E-state index contributed by atoms with van der Waals surface area (Å²) < 4.78 is 5.51. The molecule has 7 heteroatoms. The van der Waals surface area contributed by atoms with Gasteiger partial charge in [-0.25, -0.2) is 0 Å². The first-order valence-corrected chi connectivity index (χ1v) is 7.72. The van der Waals surface area contributed by atoms with E-state index in [1.165, 1.54) is 12.1 Å². The number of nitro benzene ring substituents is 1. The van der Waals surface area contributed by atoms with E-state index >= 15 is 0 Å². The SMILES string of the molecule is C[C@H](Oc1ccc(C=O)cc1[N+](=O)[O-])C(=O)N1CCCCCC1. The van der Waals surface area contributed by atoms with Gasteiger partial charge in [-0.1, -0.05) is 12.8 Å². The van der Waals surface area contributed by atoms with Gasteiger partial charge in [0, 0.05) is 24.7 Å². The van der Waals surface area contributed by atoms with Gasteiger partial charge in [-0.05, 0) is 31.9 Å². The molecule has 0 N–H and O–H groups in total. The molecule has 1 saturated heterocycles. The van der Waals surface area contributed by atoms with E-state index in [0.717, 1.165) is 31.7 Å². The second-order valence-corrected chi connectivity index (χ2v) is 5.60. The Labute approximate surface area is 134 Å². The number of hydrogen-bond acceptors (Lipinski definition) is 5. The van der Waals surface area contributed by atoms with Gasteiger partial charge < -0.3 is 9.64 Å². The molecule has 1 amide bonds. The Kier molecular flexibility index (Phi) is 5.67. The summed E-state index contributed by atoms with van der Waals surface area (Å²) in [6.07, 6.45) is 3.87. The number of amides is 1. The topological polar surface area (TPSA) is 89.7 Å². The van der Waals surface area contributed by atoms with Crippen molar-refractivity contribution in [3.8, 4) is 5.75 Å². The molecule has 1 aromatic rings. The summed E-state index contributed by atoms with van der Waals surface area (Å²) in [7, 11) is 0. The number of hydrogen-bond donors (Lipinski definition) is 0. The van der Waals surface area contributed by atoms with Crippen molar-refractivity contribution in [3.05, 3.63) is 33.9 Å². The first-order valence-electron chi connectivity index (χ1n) is 7.72. The largest absolute Gasteiger partial charge is 0.474 e. The molecule has 0 aliphatic carbocycles. The van der Waals surface area contributed by atoms with Crippen LogP contribution in [0.3, 0.4) is 0 Å². The molecule has 7 nitrogen and oxygen atoms in total. The highest BCUT2D eigenvalue weighted by Crippen LogP contribution is 2.28. The van der Waals surface area contributed by atoms with Gasteiger partial charge in [0.2, 0.25) is 0 Å². The number of ether oxygens (including phenoxy) is 1. The third-order valence-corrected chi connectivity index (χ3v) is 3.89. The summed E-state index contributed by atoms with van der Waals surface area (Å²) in [6.45, 7) is 2.97. The minimum atomic E-state index is -0.811. The highest BCUT2D eigenvalue weighted by molar-refractivity contribution is 5.81. The fourth-order valence-electron chi connectivity index (χ4n) is 2.64. The number of benzene rings is 1. The minimum Gasteiger partial charge on any atom is -0.474 e. The molecule has 23 heavy (non-hydrogen) atoms. The van der Waals surface area contributed by atoms with Gasteiger partial charge in [-0.15, -0.1) is 0 Å². The van der Waals surface area contributed by atoms with Crippen LogP contribution in [0, 0.1) is 10.1 Å². The van der Waals surface area contributed by atoms with Crippen molar-refractivity contribution in [3.63, 3.8) is 0 Å². The zero-order chi connectivity index (χ0) is 16.8. The molecule has 1 heterocycles. The Morgan fingerprint density at radius 1 is 1.30 bits per heavy atom. The predicted molar refractivity (Wildman–Crippen MR) is 83.6 cm³/mol. The summed E-state index contributed by atoms with van der Waals surface area (Å²) in [5.74, 6) is -0.170. The average molecular weight is 320 g/mol. The van der Waals surface area contributed by atoms with Crippen LogP contribution in [0.4, 0.5) is 5.69 Å². The molecule has 0 radical (unpaired) electrons. The van der Waals surface area contributed by atoms with Crippen LogP contribution in [0.1, 0.15) is 43.0 Å². The molecule has 0 saturated carbocycles. The normalized spacial score (nSPS) is 16.3. The van der Waals surface area contributed by atoms with Crippen molar-refractivity contribution in [2.45, 2.75) is 38.7 Å². The van der Waals surface area contributed by atoms with Crippen LogP contribution in [0.25, 0.3) is 0 Å². The molecule has 0 unspecified atom stereocenters. The lowest BCUT2D eigenvalue weighted by atomic mass is 10.2. The molecule has 1 aliphatic heterocycles. The number of aldehydes is 1. The van der Waals surface area contributed by atoms with Gasteiger partial charge in [-0.3, -0.25) is 19.7 Å². The maximum atomic E-state index is 12.4. The van der Waals surface area contributed by atoms with E-state index < -0.39 is 11.0 Å². The third-order valence-electron chi connectivity index (χ3n) is 3.89. The Bertz CT molecular complexity index is 594. The Hall–Kier alpha value is -2.44. The lowest BCUT2D eigenvalue weighted by molar-refractivity contribution is -0.386. The fraction of sp³-hybridized carbons (Fsp3) is 0.500. The molecular formula is C16H20N2O5. The smallest absolute Gasteiger partial charge is 0.311 e. The van der Waals surface area contributed by atoms with Crippen LogP contribution in [0.15, 0.2) is 18.2 Å². The lowest BCUT2D eigenvalue weighted by Crippen LogP contribution is -2.41. The van der Waals surface area contributed by atoms with E-state index in [9.17, 15) is 19.7 Å². The van der Waals surface area contributed by atoms with Crippen LogP contribution in [0.2, 0.25) is 0 Å². The summed E-state index contributed by atoms with van der Waals surface area (Å²) in [6, 6.07) is 3.93. The molecule has 2 rings (SSSR count). The maximum Gasteiger partial charge on any atom is 0.311 e. The van der Waals surface area contributed by atoms with Gasteiger partial charge in [0.25, 0.3) is 5.91 Å². The molecule has 0 bridgehead atoms. The predicted octanol–water partition coefficient (Wildman–Crippen LogP) is 2.58. The van der Waals surface area contributed by atoms with Crippen molar-refractivity contribution in [1.29, 1.82) is 0 Å². The number of nitro groups is 1. The highest BCUT2D eigenvalue weighted by atomic mass is 16.6. The number of carbonyl (C=O) groups excluding carboxylic acids is 2. The summed E-state index contributed by atoms with van der Waals surface area (Å²) in [5, 5.41) is 11.1. The van der Waals surface area contributed by atoms with E-state index in [1.54, 1.807) is 11.8 Å². The van der Waals surface area contributed by atoms with Gasteiger partial charge in [0.15, 0.2) is 11.9 Å². The standard InChI is InChI=1S/C16H20N2O5/c1-12(16(20)17-8-4-2-3-5-9-17)23-15-7-6-13(11-19)10-14(15)18(21)22/h6-7,10-12H,2-5,8-9H2,1H3/t12-/m0/s1. The number of carbonyl (C=O) groups is 2. The molecule has 1 fully saturated rings. The molecule has 1 atom stereocenters. The number of nitrogens with zero attached hydrogens (tertiary/aromatic N) is 2. The summed E-state index contributed by atoms with van der Waals surface area (Å²) in [5.41, 5.74) is -0.124. The molecule has 0 aromatic heterocycles. The van der Waals surface area contributed by atoms with Crippen molar-refractivity contribution >= 4 is 17.9 Å². The zero-order valence-corrected chi connectivity index (χ0v) is 13.1. The van der Waals surface area contributed by atoms with Crippen LogP contribution >= 0.6 is 0 Å². The molecule has 124 valence electrons. The second kappa shape index (κ2) is 7.71. The van der Waals surface area contributed by atoms with E-state index in [2.05, 4.69) is 0 Å². The average Bonchev–Trinajstić information content (AvgIpc) is 2.83. The van der Waals surface area contributed by atoms with E-state index in [4.69, 9.17) is 4.74 Å². The molecule has 1 aromatic carbocycles. The molecule has 0 spiro atoms. The second-order valence-electron chi connectivity index (χ2n) is 5.60. The van der Waals surface area contributed by atoms with Crippen molar-refractivity contribution < 1.29 is 19.2 Å². The Morgan fingerprint density at radius 3 is 2.52 bits per heavy atom. The molecule has 1 aliphatic rings. The molecular weight excluding hydrogens is 300 g/mol. The van der Waals surface area contributed by atoms with Crippen LogP contribution in [-0.4, -0.2) is 41.2 Å². The van der Waals surface area contributed by atoms with E-state index in [-0.39, 0.29) is 22.9 Å². The third kappa shape index (κ3) is 4.28. The van der Waals surface area contributed by atoms with Gasteiger partial charge in [0.05, 0.1) is 4.92 Å². The summed E-state index contributed by atoms with van der Waals surface area (Å²) >= 11 is 0. The highest BCUT2D eigenvalue weighted by Gasteiger charge is 2.25. The fourth-order valence-corrected chi connectivity index (χ4v) is 2.64. The van der Waals surface area contributed by atoms with Gasteiger partial charge in [0.1, 0.15) is 6.29 Å². The number of likely N-dealkylation sites (tertiary alicyclic amines) is 1. The number of rotatable bonds is 5. The van der Waals surface area contributed by atoms with Crippen LogP contribution < -0.4 is 4.74 Å². The Morgan fingerprint density at radius 2 is 1.96 bits per heavy atom. The quantitative estimate of drug-likeness (QED) is 0.472. The Balaban J connectivity index is 2.12. The lowest BCUT2D eigenvalue weighted by Gasteiger charge is -2.24. The van der Waals surface area contributed by atoms with Crippen molar-refractivity contribution in [2.75, 3.05) is 13.1 Å². The van der Waals surface area contributed by atoms with Crippen LogP contribution in [0.5, 0.6) is 5.75 Å². The monoisotopic (exact) mass is 320 g/mol. The van der Waals surface area contributed by atoms with Gasteiger partial charge in [-0.2, -0.15) is 0 Å². The van der Waals surface area contributed by atoms with Crippen molar-refractivity contribution in [1.82, 2.24) is 4.90 Å². The van der Waals surface area contributed by atoms with E-state index in [0.29, 0.717) is 19.4 Å². The summed E-state index contributed by atoms with van der Waals surface area (Å²) in [4.78, 5) is 35.4. The van der Waals surface area contributed by atoms with E-state index in [1.807, 2.05) is 0 Å². The maximum absolute atomic E-state index is 12.4. The minimum absolute atomic E-state index is 0.00345. The zero-order valence-electron chi connectivity index (χ0n) is 13.1. The first-order chi connectivity index (χ1) is 11.0. The van der Waals surface area contributed by atoms with Gasteiger partial charge >= 0.3 is 5.69 Å². The van der Waals surface area contributed by atoms with Crippen molar-refractivity contribution in [2.24, 2.45) is 0 Å². The first kappa shape index (κ1) is 16.9.